The molecule has 144 valence electrons. The second kappa shape index (κ2) is 9.70. The van der Waals surface area contributed by atoms with Gasteiger partial charge in [-0.15, -0.1) is 10.2 Å². The number of carbonyl (C=O) groups is 2. The van der Waals surface area contributed by atoms with Gasteiger partial charge in [-0.25, -0.2) is 4.79 Å². The number of aromatic nitrogens is 2. The third kappa shape index (κ3) is 6.21. The minimum Gasteiger partial charge on any atom is -0.342 e. The van der Waals surface area contributed by atoms with Crippen LogP contribution < -0.4 is 10.6 Å². The number of likely N-dealkylation sites (tertiary alicyclic amines) is 1. The number of nitrogens with one attached hydrogen (secondary N) is 2. The van der Waals surface area contributed by atoms with Crippen molar-refractivity contribution >= 4 is 45.9 Å². The normalized spacial score (nSPS) is 14.5. The fourth-order valence-corrected chi connectivity index (χ4v) is 4.40. The van der Waals surface area contributed by atoms with Crippen LogP contribution in [0.2, 0.25) is 0 Å². The Morgan fingerprint density at radius 1 is 1.07 bits per heavy atom. The lowest BCUT2D eigenvalue weighted by molar-refractivity contribution is -0.128. The maximum atomic E-state index is 12.3. The van der Waals surface area contributed by atoms with Gasteiger partial charge in [0, 0.05) is 18.8 Å². The number of rotatable bonds is 5. The highest BCUT2D eigenvalue weighted by atomic mass is 32.2. The molecule has 1 aliphatic heterocycles. The number of amides is 3. The van der Waals surface area contributed by atoms with Crippen LogP contribution in [-0.2, 0) is 4.79 Å². The number of benzene rings is 1. The van der Waals surface area contributed by atoms with E-state index < -0.39 is 0 Å². The summed E-state index contributed by atoms with van der Waals surface area (Å²) in [6.45, 7) is 3.69. The number of carbonyl (C=O) groups excluding carboxylic acids is 2. The van der Waals surface area contributed by atoms with Crippen molar-refractivity contribution in [2.75, 3.05) is 29.5 Å². The lowest BCUT2D eigenvalue weighted by Gasteiger charge is -2.19. The number of anilines is 2. The lowest BCUT2D eigenvalue weighted by Crippen LogP contribution is -2.33. The molecule has 2 N–H and O–H groups in total. The molecule has 0 bridgehead atoms. The number of aryl methyl sites for hydroxylation is 1. The Morgan fingerprint density at radius 2 is 1.78 bits per heavy atom. The van der Waals surface area contributed by atoms with Gasteiger partial charge in [0.05, 0.1) is 5.75 Å². The van der Waals surface area contributed by atoms with Gasteiger partial charge in [0.15, 0.2) is 4.34 Å². The molecule has 0 spiro atoms. The summed E-state index contributed by atoms with van der Waals surface area (Å²) in [4.78, 5) is 26.3. The molecule has 7 nitrogen and oxygen atoms in total. The van der Waals surface area contributed by atoms with Crippen LogP contribution in [0.5, 0.6) is 0 Å². The smallest absolute Gasteiger partial charge is 0.325 e. The molecule has 0 atom stereocenters. The lowest BCUT2D eigenvalue weighted by atomic mass is 10.2. The van der Waals surface area contributed by atoms with E-state index in [4.69, 9.17) is 0 Å². The first-order valence-electron chi connectivity index (χ1n) is 8.99. The molecule has 1 saturated heterocycles. The average Bonchev–Trinajstić information content (AvgIpc) is 2.92. The minimum absolute atomic E-state index is 0.142. The Hall–Kier alpha value is -2.13. The zero-order chi connectivity index (χ0) is 19.1. The molecule has 3 rings (SSSR count). The van der Waals surface area contributed by atoms with Gasteiger partial charge in [0.2, 0.25) is 11.0 Å². The molecular weight excluding hydrogens is 382 g/mol. The highest BCUT2D eigenvalue weighted by Gasteiger charge is 2.17. The molecule has 27 heavy (non-hydrogen) atoms. The predicted octanol–water partition coefficient (Wildman–Crippen LogP) is 3.99. The molecule has 0 saturated carbocycles. The summed E-state index contributed by atoms with van der Waals surface area (Å²) in [7, 11) is 0. The summed E-state index contributed by atoms with van der Waals surface area (Å²) in [5.74, 6) is 0.494. The van der Waals surface area contributed by atoms with Crippen LogP contribution >= 0.6 is 23.1 Å². The Balaban J connectivity index is 1.45. The molecule has 0 unspecified atom stereocenters. The van der Waals surface area contributed by atoms with Gasteiger partial charge >= 0.3 is 6.03 Å². The number of nitrogens with zero attached hydrogens (tertiary/aromatic N) is 3. The number of hydrogen-bond acceptors (Lipinski definition) is 6. The summed E-state index contributed by atoms with van der Waals surface area (Å²) in [6.07, 6.45) is 4.57. The first-order valence-corrected chi connectivity index (χ1v) is 10.8. The van der Waals surface area contributed by atoms with Crippen molar-refractivity contribution < 1.29 is 9.59 Å². The molecule has 2 heterocycles. The van der Waals surface area contributed by atoms with Gasteiger partial charge in [-0.3, -0.25) is 10.1 Å². The third-order valence-corrected chi connectivity index (χ3v) is 6.17. The Morgan fingerprint density at radius 3 is 2.48 bits per heavy atom. The summed E-state index contributed by atoms with van der Waals surface area (Å²) in [5.41, 5.74) is 1.83. The van der Waals surface area contributed by atoms with Crippen molar-refractivity contribution in [1.82, 2.24) is 15.1 Å². The highest BCUT2D eigenvalue weighted by Crippen LogP contribution is 2.26. The molecule has 0 aliphatic carbocycles. The average molecular weight is 406 g/mol. The first kappa shape index (κ1) is 19.6. The SMILES string of the molecule is Cc1ccc(NC(=O)Nc2nnc(SCC(=O)N3CCCCCC3)s2)cc1. The van der Waals surface area contributed by atoms with E-state index in [-0.39, 0.29) is 11.9 Å². The number of urea groups is 1. The quantitative estimate of drug-likeness (QED) is 0.580. The molecule has 1 aliphatic rings. The zero-order valence-electron chi connectivity index (χ0n) is 15.2. The van der Waals surface area contributed by atoms with E-state index in [0.29, 0.717) is 20.9 Å². The molecule has 9 heteroatoms. The fraction of sp³-hybridized carbons (Fsp3) is 0.444. The monoisotopic (exact) mass is 405 g/mol. The topological polar surface area (TPSA) is 87.2 Å². The summed E-state index contributed by atoms with van der Waals surface area (Å²) >= 11 is 2.63. The van der Waals surface area contributed by atoms with Crippen LogP contribution in [0.3, 0.4) is 0 Å². The van der Waals surface area contributed by atoms with Crippen molar-refractivity contribution in [2.45, 2.75) is 36.9 Å². The van der Waals surface area contributed by atoms with Crippen molar-refractivity contribution in [1.29, 1.82) is 0 Å². The van der Waals surface area contributed by atoms with Gasteiger partial charge in [-0.2, -0.15) is 0 Å². The fourth-order valence-electron chi connectivity index (χ4n) is 2.75. The summed E-state index contributed by atoms with van der Waals surface area (Å²) in [6, 6.07) is 7.16. The van der Waals surface area contributed by atoms with Crippen LogP contribution in [0.4, 0.5) is 15.6 Å². The van der Waals surface area contributed by atoms with Crippen molar-refractivity contribution in [3.63, 3.8) is 0 Å². The Bertz CT molecular complexity index is 770. The van der Waals surface area contributed by atoms with Crippen LogP contribution in [0.15, 0.2) is 28.6 Å². The molecule has 1 fully saturated rings. The standard InChI is InChI=1S/C18H23N5O2S2/c1-13-6-8-14(9-7-13)19-16(25)20-17-21-22-18(27-17)26-12-15(24)23-10-4-2-3-5-11-23/h6-9H,2-5,10-12H2,1H3,(H2,19,20,21,25). The van der Waals surface area contributed by atoms with Crippen LogP contribution in [0, 0.1) is 6.92 Å². The third-order valence-electron chi connectivity index (χ3n) is 4.21. The second-order valence-electron chi connectivity index (χ2n) is 6.40. The maximum absolute atomic E-state index is 12.3. The molecule has 1 aromatic carbocycles. The molecular formula is C18H23N5O2S2. The number of hydrogen-bond donors (Lipinski definition) is 2. The Labute approximate surface area is 166 Å². The van der Waals surface area contributed by atoms with E-state index in [0.717, 1.165) is 31.5 Å². The van der Waals surface area contributed by atoms with Gasteiger partial charge in [-0.05, 0) is 31.9 Å². The maximum Gasteiger partial charge on any atom is 0.325 e. The van der Waals surface area contributed by atoms with Crippen LogP contribution in [0.1, 0.15) is 31.2 Å². The van der Waals surface area contributed by atoms with E-state index >= 15 is 0 Å². The largest absolute Gasteiger partial charge is 0.342 e. The van der Waals surface area contributed by atoms with Crippen molar-refractivity contribution in [3.8, 4) is 0 Å². The van der Waals surface area contributed by atoms with E-state index in [9.17, 15) is 9.59 Å². The second-order valence-corrected chi connectivity index (χ2v) is 8.60. The Kier molecular flexibility index (Phi) is 7.05. The zero-order valence-corrected chi connectivity index (χ0v) is 16.9. The van der Waals surface area contributed by atoms with Gasteiger partial charge in [-0.1, -0.05) is 53.6 Å². The molecule has 1 aromatic heterocycles. The van der Waals surface area contributed by atoms with Crippen LogP contribution in [0.25, 0.3) is 0 Å². The first-order chi connectivity index (χ1) is 13.1. The van der Waals surface area contributed by atoms with E-state index in [1.165, 1.54) is 35.9 Å². The van der Waals surface area contributed by atoms with Crippen molar-refractivity contribution in [2.24, 2.45) is 0 Å². The molecule has 0 radical (unpaired) electrons. The van der Waals surface area contributed by atoms with Gasteiger partial charge in [0.1, 0.15) is 0 Å². The number of thioether (sulfide) groups is 1. The summed E-state index contributed by atoms with van der Waals surface area (Å²) in [5, 5.41) is 13.8. The molecule has 2 aromatic rings. The van der Waals surface area contributed by atoms with E-state index in [2.05, 4.69) is 20.8 Å². The molecule has 3 amide bonds. The van der Waals surface area contributed by atoms with E-state index in [1.54, 1.807) is 0 Å². The highest BCUT2D eigenvalue weighted by molar-refractivity contribution is 8.01. The van der Waals surface area contributed by atoms with Gasteiger partial charge in [0.25, 0.3) is 0 Å². The predicted molar refractivity (Wildman–Crippen MR) is 110 cm³/mol. The van der Waals surface area contributed by atoms with Crippen LogP contribution in [-0.4, -0.2) is 45.9 Å². The van der Waals surface area contributed by atoms with Crippen molar-refractivity contribution in [3.05, 3.63) is 29.8 Å². The summed E-state index contributed by atoms with van der Waals surface area (Å²) < 4.78 is 0.670. The minimum atomic E-state index is -0.368. The van der Waals surface area contributed by atoms with Gasteiger partial charge < -0.3 is 10.2 Å². The van der Waals surface area contributed by atoms with E-state index in [1.807, 2.05) is 36.1 Å².